The third-order valence-electron chi connectivity index (χ3n) is 9.56. The first-order valence-corrected chi connectivity index (χ1v) is 18.4. The monoisotopic (exact) mass is 731 g/mol. The highest BCUT2D eigenvalue weighted by Gasteiger charge is 2.20. The Labute approximate surface area is 317 Å². The summed E-state index contributed by atoms with van der Waals surface area (Å²) in [6, 6.07) is 26.0. The van der Waals surface area contributed by atoms with Crippen molar-refractivity contribution in [1.29, 1.82) is 5.26 Å². The average Bonchev–Trinajstić information content (AvgIpc) is 3.58. The van der Waals surface area contributed by atoms with Crippen molar-refractivity contribution < 1.29 is 19.3 Å². The molecule has 1 aliphatic heterocycles. The van der Waals surface area contributed by atoms with Gasteiger partial charge in [-0.15, -0.1) is 0 Å². The highest BCUT2D eigenvalue weighted by molar-refractivity contribution is 6.32. The lowest BCUT2D eigenvalue weighted by Crippen LogP contribution is -2.24. The second kappa shape index (κ2) is 18.2. The minimum atomic E-state index is -0.202. The molecule has 0 saturated carbocycles. The largest absolute Gasteiger partial charge is 0.493 e. The predicted octanol–water partition coefficient (Wildman–Crippen LogP) is 7.91. The molecular formula is C43H46ClN5O4. The van der Waals surface area contributed by atoms with Gasteiger partial charge in [0.25, 0.3) is 0 Å². The van der Waals surface area contributed by atoms with Crippen LogP contribution >= 0.6 is 11.6 Å². The molecule has 1 atom stereocenters. The van der Waals surface area contributed by atoms with Gasteiger partial charge in [-0.25, -0.2) is 0 Å². The first kappa shape index (κ1) is 37.8. The number of nitrogens with zero attached hydrogens (tertiary/aromatic N) is 5. The van der Waals surface area contributed by atoms with Gasteiger partial charge in [-0.3, -0.25) is 14.9 Å². The lowest BCUT2D eigenvalue weighted by atomic mass is 9.93. The summed E-state index contributed by atoms with van der Waals surface area (Å²) in [7, 11) is 2.03. The Kier molecular flexibility index (Phi) is 13.0. The van der Waals surface area contributed by atoms with Crippen molar-refractivity contribution in [2.24, 2.45) is 0 Å². The number of aliphatic hydroxyl groups is 1. The van der Waals surface area contributed by atoms with Crippen molar-refractivity contribution in [3.8, 4) is 34.4 Å². The molecule has 1 aliphatic rings. The molecule has 3 aromatic carbocycles. The molecule has 0 aliphatic carbocycles. The molecule has 1 N–H and O–H groups in total. The van der Waals surface area contributed by atoms with Crippen LogP contribution in [0.5, 0.6) is 17.2 Å². The van der Waals surface area contributed by atoms with Crippen LogP contribution in [0, 0.1) is 25.2 Å². The normalized spacial score (nSPS) is 14.3. The molecule has 53 heavy (non-hydrogen) atoms. The van der Waals surface area contributed by atoms with E-state index in [1.54, 1.807) is 18.5 Å². The molecular weight excluding hydrogens is 686 g/mol. The van der Waals surface area contributed by atoms with Gasteiger partial charge in [0.1, 0.15) is 36.5 Å². The number of β-amino-alcohol motifs (C(OH)–C–C–N with tert-alkyl or cyclic N) is 1. The average molecular weight is 732 g/mol. The molecule has 3 heterocycles. The standard InChI is InChI=1S/C43H46ClN5O4/c1-30-34(9-6-11-38(30)39-12-7-13-41(31(39)2)51-18-8-16-49-17-14-37(50)27-49)29-53-43-21-42(52-28-33-19-32(22-45)23-46-24-33)35(20-40(43)44)25-48(3)26-36-10-4-5-15-47-36/h4-7,9-13,15,19-21,23-24,37,50H,8,14,16-18,25-29H2,1-3H3. The maximum atomic E-state index is 9.81. The zero-order valence-corrected chi connectivity index (χ0v) is 31.4. The molecule has 6 rings (SSSR count). The summed E-state index contributed by atoms with van der Waals surface area (Å²) < 4.78 is 19.0. The van der Waals surface area contributed by atoms with Gasteiger partial charge in [-0.2, -0.15) is 5.26 Å². The molecule has 0 radical (unpaired) electrons. The number of nitriles is 1. The summed E-state index contributed by atoms with van der Waals surface area (Å²) >= 11 is 6.88. The van der Waals surface area contributed by atoms with Gasteiger partial charge in [0.15, 0.2) is 0 Å². The quantitative estimate of drug-likeness (QED) is 0.101. The molecule has 1 fully saturated rings. The third-order valence-corrected chi connectivity index (χ3v) is 9.85. The minimum Gasteiger partial charge on any atom is -0.493 e. The molecule has 0 bridgehead atoms. The van der Waals surface area contributed by atoms with Crippen LogP contribution in [0.4, 0.5) is 0 Å². The summed E-state index contributed by atoms with van der Waals surface area (Å²) in [6.07, 6.45) is 6.58. The third kappa shape index (κ3) is 10.1. The fraction of sp³-hybridized carbons (Fsp3) is 0.326. The number of aromatic nitrogens is 2. The highest BCUT2D eigenvalue weighted by Crippen LogP contribution is 2.37. The molecule has 1 saturated heterocycles. The lowest BCUT2D eigenvalue weighted by Gasteiger charge is -2.21. The summed E-state index contributed by atoms with van der Waals surface area (Å²) in [5, 5.41) is 19.6. The van der Waals surface area contributed by atoms with E-state index < -0.39 is 0 Å². The number of likely N-dealkylation sites (tertiary alicyclic amines) is 1. The number of benzene rings is 3. The molecule has 9 nitrogen and oxygen atoms in total. The van der Waals surface area contributed by atoms with E-state index >= 15 is 0 Å². The van der Waals surface area contributed by atoms with E-state index in [4.69, 9.17) is 25.8 Å². The van der Waals surface area contributed by atoms with Crippen molar-refractivity contribution in [1.82, 2.24) is 19.8 Å². The lowest BCUT2D eigenvalue weighted by molar-refractivity contribution is 0.173. The van der Waals surface area contributed by atoms with Crippen LogP contribution < -0.4 is 14.2 Å². The Balaban J connectivity index is 1.17. The summed E-state index contributed by atoms with van der Waals surface area (Å²) in [5.74, 6) is 2.03. The molecule has 1 unspecified atom stereocenters. The van der Waals surface area contributed by atoms with Crippen LogP contribution in [-0.4, -0.2) is 64.3 Å². The molecule has 5 aromatic rings. The molecule has 0 amide bonds. The number of pyridine rings is 2. The van der Waals surface area contributed by atoms with Gasteiger partial charge >= 0.3 is 0 Å². The van der Waals surface area contributed by atoms with E-state index in [2.05, 4.69) is 63.9 Å². The van der Waals surface area contributed by atoms with Gasteiger partial charge in [-0.1, -0.05) is 48.0 Å². The molecule has 10 heteroatoms. The first-order chi connectivity index (χ1) is 25.8. The van der Waals surface area contributed by atoms with Crippen molar-refractivity contribution in [2.45, 2.75) is 59.1 Å². The van der Waals surface area contributed by atoms with Crippen molar-refractivity contribution in [3.63, 3.8) is 0 Å². The fourth-order valence-corrected chi connectivity index (χ4v) is 6.92. The van der Waals surface area contributed by atoms with Gasteiger partial charge in [0.2, 0.25) is 0 Å². The van der Waals surface area contributed by atoms with Crippen molar-refractivity contribution in [2.75, 3.05) is 33.3 Å². The fourth-order valence-electron chi connectivity index (χ4n) is 6.68. The molecule has 2 aromatic heterocycles. The first-order valence-electron chi connectivity index (χ1n) is 18.0. The molecule has 0 spiro atoms. The van der Waals surface area contributed by atoms with Crippen LogP contribution in [0.1, 0.15) is 51.9 Å². The minimum absolute atomic E-state index is 0.202. The van der Waals surface area contributed by atoms with E-state index in [1.165, 1.54) is 6.20 Å². The Morgan fingerprint density at radius 2 is 1.70 bits per heavy atom. The smallest absolute Gasteiger partial charge is 0.142 e. The number of rotatable bonds is 16. The summed E-state index contributed by atoms with van der Waals surface area (Å²) in [6.45, 7) is 9.23. The van der Waals surface area contributed by atoms with Crippen LogP contribution in [0.3, 0.4) is 0 Å². The maximum Gasteiger partial charge on any atom is 0.142 e. The van der Waals surface area contributed by atoms with Crippen molar-refractivity contribution in [3.05, 3.63) is 135 Å². The summed E-state index contributed by atoms with van der Waals surface area (Å²) in [4.78, 5) is 13.1. The van der Waals surface area contributed by atoms with Gasteiger partial charge in [0, 0.05) is 68.5 Å². The van der Waals surface area contributed by atoms with Gasteiger partial charge in [0.05, 0.1) is 29.0 Å². The number of hydrogen-bond acceptors (Lipinski definition) is 9. The second-order valence-electron chi connectivity index (χ2n) is 13.6. The predicted molar refractivity (Wildman–Crippen MR) is 207 cm³/mol. The number of aliphatic hydroxyl groups excluding tert-OH is 1. The number of halogens is 1. The maximum absolute atomic E-state index is 9.81. The number of ether oxygens (including phenoxy) is 3. The topological polar surface area (TPSA) is 104 Å². The van der Waals surface area contributed by atoms with E-state index in [1.807, 2.05) is 49.5 Å². The molecule has 274 valence electrons. The highest BCUT2D eigenvalue weighted by atomic mass is 35.5. The van der Waals surface area contributed by atoms with E-state index in [0.717, 1.165) is 82.9 Å². The zero-order valence-electron chi connectivity index (χ0n) is 30.6. The van der Waals surface area contributed by atoms with Crippen molar-refractivity contribution >= 4 is 11.6 Å². The van der Waals surface area contributed by atoms with Gasteiger partial charge in [-0.05, 0) is 91.9 Å². The number of hydrogen-bond donors (Lipinski definition) is 1. The SMILES string of the molecule is Cc1c(COc2cc(OCc3cncc(C#N)c3)c(CN(C)Cc3ccccn3)cc2Cl)cccc1-c1cccc(OCCCN2CCC(O)C2)c1C. The van der Waals surface area contributed by atoms with Gasteiger partial charge < -0.3 is 24.2 Å². The van der Waals surface area contributed by atoms with E-state index in [-0.39, 0.29) is 12.7 Å². The van der Waals surface area contributed by atoms with Crippen LogP contribution in [-0.2, 0) is 26.3 Å². The van der Waals surface area contributed by atoms with Crippen LogP contribution in [0.2, 0.25) is 5.02 Å². The van der Waals surface area contributed by atoms with Crippen LogP contribution in [0.25, 0.3) is 11.1 Å². The Hall–Kier alpha value is -4.98. The second-order valence-corrected chi connectivity index (χ2v) is 14.0. The van der Waals surface area contributed by atoms with E-state index in [0.29, 0.717) is 48.4 Å². The van der Waals surface area contributed by atoms with E-state index in [9.17, 15) is 10.4 Å². The Morgan fingerprint density at radius 3 is 2.47 bits per heavy atom. The Morgan fingerprint density at radius 1 is 0.887 bits per heavy atom. The Bertz CT molecular complexity index is 2040. The zero-order chi connectivity index (χ0) is 37.2. The summed E-state index contributed by atoms with van der Waals surface area (Å²) in [5.41, 5.74) is 8.61. The van der Waals surface area contributed by atoms with Crippen LogP contribution in [0.15, 0.2) is 91.4 Å².